The van der Waals surface area contributed by atoms with Gasteiger partial charge in [-0.25, -0.2) is 4.98 Å². The number of rotatable bonds is 4. The number of carbonyl (C=O) groups excluding carboxylic acids is 1. The molecule has 0 radical (unpaired) electrons. The summed E-state index contributed by atoms with van der Waals surface area (Å²) in [6.45, 7) is 2.22. The monoisotopic (exact) mass is 295 g/mol. The fourth-order valence-corrected chi connectivity index (χ4v) is 2.47. The van der Waals surface area contributed by atoms with E-state index in [4.69, 9.17) is 17.3 Å². The fourth-order valence-electron chi connectivity index (χ4n) is 1.51. The van der Waals surface area contributed by atoms with Gasteiger partial charge in [0.15, 0.2) is 0 Å². The van der Waals surface area contributed by atoms with Crippen molar-refractivity contribution in [2.45, 2.75) is 19.5 Å². The minimum absolute atomic E-state index is 0.157. The fraction of sp³-hybridized carbons (Fsp3) is 0.231. The van der Waals surface area contributed by atoms with Crippen LogP contribution in [0.5, 0.6) is 0 Å². The first kappa shape index (κ1) is 14.0. The quantitative estimate of drug-likeness (QED) is 0.911. The molecule has 0 aliphatic heterocycles. The molecule has 1 heterocycles. The zero-order valence-corrected chi connectivity index (χ0v) is 12.0. The summed E-state index contributed by atoms with van der Waals surface area (Å²) < 4.78 is 0. The Morgan fingerprint density at radius 2 is 2.26 bits per heavy atom. The molecule has 1 amide bonds. The standard InChI is InChI=1S/C13H14ClN3OS/c1-8(15)13-17-11(7-19-13)12(18)16-6-9-4-2-3-5-10(9)14/h2-5,7-8H,6,15H2,1H3,(H,16,18). The van der Waals surface area contributed by atoms with E-state index in [0.29, 0.717) is 17.3 Å². The van der Waals surface area contributed by atoms with Gasteiger partial charge in [0.05, 0.1) is 6.04 Å². The van der Waals surface area contributed by atoms with Gasteiger partial charge in [-0.05, 0) is 18.6 Å². The van der Waals surface area contributed by atoms with Gasteiger partial charge in [0.25, 0.3) is 5.91 Å². The lowest BCUT2D eigenvalue weighted by atomic mass is 10.2. The maximum atomic E-state index is 11.9. The number of nitrogens with two attached hydrogens (primary N) is 1. The van der Waals surface area contributed by atoms with E-state index in [-0.39, 0.29) is 11.9 Å². The third-order valence-corrected chi connectivity index (χ3v) is 3.96. The second-order valence-corrected chi connectivity index (χ2v) is 5.43. The zero-order valence-electron chi connectivity index (χ0n) is 10.4. The van der Waals surface area contributed by atoms with Gasteiger partial charge in [-0.3, -0.25) is 4.79 Å². The molecule has 100 valence electrons. The van der Waals surface area contributed by atoms with Crippen molar-refractivity contribution in [3.05, 3.63) is 50.9 Å². The number of aromatic nitrogens is 1. The Morgan fingerprint density at radius 1 is 1.53 bits per heavy atom. The first-order valence-corrected chi connectivity index (χ1v) is 7.06. The van der Waals surface area contributed by atoms with E-state index < -0.39 is 0 Å². The molecule has 6 heteroatoms. The second kappa shape index (κ2) is 6.14. The van der Waals surface area contributed by atoms with E-state index in [1.807, 2.05) is 25.1 Å². The van der Waals surface area contributed by atoms with Crippen LogP contribution >= 0.6 is 22.9 Å². The van der Waals surface area contributed by atoms with Crippen LogP contribution in [0, 0.1) is 0 Å². The van der Waals surface area contributed by atoms with Crippen LogP contribution in [0.1, 0.15) is 34.0 Å². The molecule has 4 nitrogen and oxygen atoms in total. The minimum Gasteiger partial charge on any atom is -0.347 e. The van der Waals surface area contributed by atoms with E-state index in [1.165, 1.54) is 11.3 Å². The van der Waals surface area contributed by atoms with Gasteiger partial charge in [0.1, 0.15) is 10.7 Å². The number of nitrogens with zero attached hydrogens (tertiary/aromatic N) is 1. The minimum atomic E-state index is -0.219. The van der Waals surface area contributed by atoms with Crippen molar-refractivity contribution in [3.63, 3.8) is 0 Å². The molecular formula is C13H14ClN3OS. The summed E-state index contributed by atoms with van der Waals surface area (Å²) in [5.41, 5.74) is 6.98. The van der Waals surface area contributed by atoms with Crippen LogP contribution in [0.15, 0.2) is 29.6 Å². The number of amides is 1. The molecule has 0 saturated heterocycles. The molecule has 2 aromatic rings. The SMILES string of the molecule is CC(N)c1nc(C(=O)NCc2ccccc2Cl)cs1. The Bertz CT molecular complexity index is 583. The number of hydrogen-bond acceptors (Lipinski definition) is 4. The molecule has 1 aromatic heterocycles. The second-order valence-electron chi connectivity index (χ2n) is 4.13. The average Bonchev–Trinajstić information content (AvgIpc) is 2.87. The molecule has 0 aliphatic carbocycles. The predicted octanol–water partition coefficient (Wildman–Crippen LogP) is 2.75. The van der Waals surface area contributed by atoms with Crippen molar-refractivity contribution in [1.82, 2.24) is 10.3 Å². The molecule has 0 aliphatic rings. The van der Waals surface area contributed by atoms with E-state index in [9.17, 15) is 4.79 Å². The van der Waals surface area contributed by atoms with Crippen molar-refractivity contribution >= 4 is 28.8 Å². The van der Waals surface area contributed by atoms with Gasteiger partial charge in [0, 0.05) is 16.9 Å². The van der Waals surface area contributed by atoms with E-state index in [2.05, 4.69) is 10.3 Å². The highest BCUT2D eigenvalue weighted by molar-refractivity contribution is 7.09. The molecular weight excluding hydrogens is 282 g/mol. The van der Waals surface area contributed by atoms with E-state index >= 15 is 0 Å². The van der Waals surface area contributed by atoms with Gasteiger partial charge in [-0.2, -0.15) is 0 Å². The van der Waals surface area contributed by atoms with E-state index in [0.717, 1.165) is 10.6 Å². The van der Waals surface area contributed by atoms with Crippen LogP contribution in [0.4, 0.5) is 0 Å². The van der Waals surface area contributed by atoms with Crippen molar-refractivity contribution in [3.8, 4) is 0 Å². The maximum absolute atomic E-state index is 11.9. The molecule has 0 spiro atoms. The van der Waals surface area contributed by atoms with Crippen molar-refractivity contribution in [1.29, 1.82) is 0 Å². The van der Waals surface area contributed by atoms with Crippen LogP contribution in [-0.2, 0) is 6.54 Å². The van der Waals surface area contributed by atoms with Gasteiger partial charge < -0.3 is 11.1 Å². The topological polar surface area (TPSA) is 68.0 Å². The lowest BCUT2D eigenvalue weighted by Gasteiger charge is -2.05. The van der Waals surface area contributed by atoms with Gasteiger partial charge in [-0.15, -0.1) is 11.3 Å². The Balaban J connectivity index is 1.99. The lowest BCUT2D eigenvalue weighted by molar-refractivity contribution is 0.0946. The summed E-state index contributed by atoms with van der Waals surface area (Å²) in [5, 5.41) is 5.89. The zero-order chi connectivity index (χ0) is 13.8. The van der Waals surface area contributed by atoms with Gasteiger partial charge >= 0.3 is 0 Å². The predicted molar refractivity (Wildman–Crippen MR) is 77.3 cm³/mol. The number of hydrogen-bond donors (Lipinski definition) is 2. The molecule has 3 N–H and O–H groups in total. The lowest BCUT2D eigenvalue weighted by Crippen LogP contribution is -2.23. The van der Waals surface area contributed by atoms with Gasteiger partial charge in [0.2, 0.25) is 0 Å². The van der Waals surface area contributed by atoms with E-state index in [1.54, 1.807) is 11.4 Å². The summed E-state index contributed by atoms with van der Waals surface area (Å²) >= 11 is 7.41. The molecule has 1 aromatic carbocycles. The summed E-state index contributed by atoms with van der Waals surface area (Å²) in [5.74, 6) is -0.219. The number of benzene rings is 1. The number of nitrogens with one attached hydrogen (secondary N) is 1. The highest BCUT2D eigenvalue weighted by Crippen LogP contribution is 2.17. The third-order valence-electron chi connectivity index (χ3n) is 2.54. The molecule has 0 fully saturated rings. The molecule has 0 bridgehead atoms. The smallest absolute Gasteiger partial charge is 0.271 e. The summed E-state index contributed by atoms with van der Waals surface area (Å²) in [7, 11) is 0. The molecule has 1 unspecified atom stereocenters. The Morgan fingerprint density at radius 3 is 2.89 bits per heavy atom. The normalized spacial score (nSPS) is 12.2. The third kappa shape index (κ3) is 3.53. The van der Waals surface area contributed by atoms with Crippen LogP contribution < -0.4 is 11.1 Å². The Labute approximate surface area is 120 Å². The summed E-state index contributed by atoms with van der Waals surface area (Å²) in [6, 6.07) is 7.24. The van der Waals surface area contributed by atoms with Gasteiger partial charge in [-0.1, -0.05) is 29.8 Å². The van der Waals surface area contributed by atoms with Crippen LogP contribution in [-0.4, -0.2) is 10.9 Å². The molecule has 19 heavy (non-hydrogen) atoms. The van der Waals surface area contributed by atoms with Crippen LogP contribution in [0.3, 0.4) is 0 Å². The summed E-state index contributed by atoms with van der Waals surface area (Å²) in [4.78, 5) is 16.1. The summed E-state index contributed by atoms with van der Waals surface area (Å²) in [6.07, 6.45) is 0. The number of thiazole rings is 1. The van der Waals surface area contributed by atoms with Crippen molar-refractivity contribution in [2.24, 2.45) is 5.73 Å². The highest BCUT2D eigenvalue weighted by atomic mass is 35.5. The molecule has 0 saturated carbocycles. The Kier molecular flexibility index (Phi) is 4.52. The highest BCUT2D eigenvalue weighted by Gasteiger charge is 2.12. The Hall–Kier alpha value is -1.43. The average molecular weight is 296 g/mol. The molecule has 2 rings (SSSR count). The van der Waals surface area contributed by atoms with Crippen LogP contribution in [0.2, 0.25) is 5.02 Å². The number of carbonyl (C=O) groups is 1. The maximum Gasteiger partial charge on any atom is 0.271 e. The first-order valence-electron chi connectivity index (χ1n) is 5.80. The molecule has 1 atom stereocenters. The van der Waals surface area contributed by atoms with Crippen LogP contribution in [0.25, 0.3) is 0 Å². The van der Waals surface area contributed by atoms with Crippen molar-refractivity contribution < 1.29 is 4.79 Å². The van der Waals surface area contributed by atoms with Crippen molar-refractivity contribution in [2.75, 3.05) is 0 Å². The first-order chi connectivity index (χ1) is 9.08. The largest absolute Gasteiger partial charge is 0.347 e. The number of halogens is 1.